The number of aliphatic hydroxyl groups is 2. The Hall–Kier alpha value is -1.46. The van der Waals surface area contributed by atoms with Crippen LogP contribution >= 0.6 is 0 Å². The van der Waals surface area contributed by atoms with Crippen LogP contribution in [-0.4, -0.2) is 42.7 Å². The molecule has 1 aliphatic rings. The van der Waals surface area contributed by atoms with Crippen LogP contribution in [0.5, 0.6) is 11.5 Å². The van der Waals surface area contributed by atoms with Gasteiger partial charge < -0.3 is 25.0 Å². The van der Waals surface area contributed by atoms with E-state index in [0.29, 0.717) is 25.4 Å². The van der Waals surface area contributed by atoms with Crippen LogP contribution in [0.15, 0.2) is 18.2 Å². The third kappa shape index (κ3) is 3.01. The van der Waals surface area contributed by atoms with Crippen molar-refractivity contribution >= 4 is 5.69 Å². The van der Waals surface area contributed by atoms with Crippen molar-refractivity contribution in [2.45, 2.75) is 12.5 Å². The Labute approximate surface area is 100.0 Å². The fourth-order valence-corrected chi connectivity index (χ4v) is 1.73. The quantitative estimate of drug-likeness (QED) is 0.702. The average Bonchev–Trinajstić information content (AvgIpc) is 2.38. The van der Waals surface area contributed by atoms with Gasteiger partial charge in [0.1, 0.15) is 13.2 Å². The van der Waals surface area contributed by atoms with E-state index in [-0.39, 0.29) is 19.3 Å². The third-order valence-corrected chi connectivity index (χ3v) is 2.61. The fraction of sp³-hybridized carbons (Fsp3) is 0.500. The van der Waals surface area contributed by atoms with Gasteiger partial charge >= 0.3 is 0 Å². The summed E-state index contributed by atoms with van der Waals surface area (Å²) in [7, 11) is 0. The van der Waals surface area contributed by atoms with Crippen LogP contribution in [0.3, 0.4) is 0 Å². The van der Waals surface area contributed by atoms with Crippen molar-refractivity contribution in [2.75, 3.05) is 31.7 Å². The summed E-state index contributed by atoms with van der Waals surface area (Å²) in [6.45, 7) is 1.15. The lowest BCUT2D eigenvalue weighted by molar-refractivity contribution is 0.171. The molecule has 1 aromatic rings. The molecule has 5 nitrogen and oxygen atoms in total. The lowest BCUT2D eigenvalue weighted by Gasteiger charge is -2.21. The molecule has 1 aliphatic heterocycles. The molecule has 94 valence electrons. The monoisotopic (exact) mass is 239 g/mol. The van der Waals surface area contributed by atoms with Gasteiger partial charge in [0, 0.05) is 18.4 Å². The number of aliphatic hydroxyl groups excluding tert-OH is 2. The Bertz CT molecular complexity index is 370. The first kappa shape index (κ1) is 12.0. The zero-order valence-electron chi connectivity index (χ0n) is 9.56. The fourth-order valence-electron chi connectivity index (χ4n) is 1.73. The normalized spacial score (nSPS) is 15.4. The molecule has 0 bridgehead atoms. The summed E-state index contributed by atoms with van der Waals surface area (Å²) in [4.78, 5) is 0. The molecule has 0 saturated carbocycles. The van der Waals surface area contributed by atoms with Gasteiger partial charge in [0.2, 0.25) is 0 Å². The van der Waals surface area contributed by atoms with E-state index < -0.39 is 0 Å². The van der Waals surface area contributed by atoms with Gasteiger partial charge in [0.15, 0.2) is 11.5 Å². The molecule has 0 spiro atoms. The summed E-state index contributed by atoms with van der Waals surface area (Å²) in [6.07, 6.45) is 0.505. The van der Waals surface area contributed by atoms with Crippen LogP contribution in [-0.2, 0) is 0 Å². The van der Waals surface area contributed by atoms with Crippen LogP contribution in [0, 0.1) is 0 Å². The van der Waals surface area contributed by atoms with Gasteiger partial charge in [0.25, 0.3) is 0 Å². The lowest BCUT2D eigenvalue weighted by atomic mass is 10.2. The topological polar surface area (TPSA) is 71.0 Å². The van der Waals surface area contributed by atoms with Gasteiger partial charge in [-0.15, -0.1) is 0 Å². The standard InChI is InChI=1S/C12H17NO4/c14-4-3-10(8-15)13-9-1-2-11-12(7-9)17-6-5-16-11/h1-2,7,10,13-15H,3-6,8H2. The maximum atomic E-state index is 9.13. The molecule has 2 rings (SSSR count). The number of hydrogen-bond acceptors (Lipinski definition) is 5. The highest BCUT2D eigenvalue weighted by atomic mass is 16.6. The van der Waals surface area contributed by atoms with Crippen molar-refractivity contribution in [2.24, 2.45) is 0 Å². The first-order chi connectivity index (χ1) is 8.33. The highest BCUT2D eigenvalue weighted by Gasteiger charge is 2.13. The van der Waals surface area contributed by atoms with E-state index in [1.165, 1.54) is 0 Å². The van der Waals surface area contributed by atoms with E-state index in [1.807, 2.05) is 18.2 Å². The minimum atomic E-state index is -0.150. The summed E-state index contributed by atoms with van der Waals surface area (Å²) < 4.78 is 10.9. The van der Waals surface area contributed by atoms with Gasteiger partial charge in [-0.3, -0.25) is 0 Å². The van der Waals surface area contributed by atoms with Crippen LogP contribution < -0.4 is 14.8 Å². The number of hydrogen-bond donors (Lipinski definition) is 3. The molecule has 1 unspecified atom stereocenters. The Kier molecular flexibility index (Phi) is 4.06. The second-order valence-electron chi connectivity index (χ2n) is 3.89. The number of benzene rings is 1. The van der Waals surface area contributed by atoms with Crippen LogP contribution in [0.4, 0.5) is 5.69 Å². The average molecular weight is 239 g/mol. The molecule has 0 aliphatic carbocycles. The summed E-state index contributed by atoms with van der Waals surface area (Å²) in [5.41, 5.74) is 0.849. The molecule has 0 fully saturated rings. The number of anilines is 1. The van der Waals surface area contributed by atoms with Crippen LogP contribution in [0.25, 0.3) is 0 Å². The molecule has 0 amide bonds. The third-order valence-electron chi connectivity index (χ3n) is 2.61. The zero-order chi connectivity index (χ0) is 12.1. The highest BCUT2D eigenvalue weighted by Crippen LogP contribution is 2.32. The summed E-state index contributed by atoms with van der Waals surface area (Å²) >= 11 is 0. The predicted octanol–water partition coefficient (Wildman–Crippen LogP) is 0.613. The number of rotatable bonds is 5. The molecule has 17 heavy (non-hydrogen) atoms. The number of nitrogens with one attached hydrogen (secondary N) is 1. The minimum Gasteiger partial charge on any atom is -0.486 e. The van der Waals surface area contributed by atoms with Gasteiger partial charge in [-0.2, -0.15) is 0 Å². The van der Waals surface area contributed by atoms with Crippen molar-refractivity contribution in [1.29, 1.82) is 0 Å². The second-order valence-corrected chi connectivity index (χ2v) is 3.89. The molecule has 1 aromatic carbocycles. The van der Waals surface area contributed by atoms with Gasteiger partial charge in [-0.25, -0.2) is 0 Å². The molecule has 0 saturated heterocycles. The van der Waals surface area contributed by atoms with E-state index in [1.54, 1.807) is 0 Å². The Balaban J connectivity index is 2.05. The first-order valence-corrected chi connectivity index (χ1v) is 5.71. The van der Waals surface area contributed by atoms with Crippen LogP contribution in [0.2, 0.25) is 0 Å². The smallest absolute Gasteiger partial charge is 0.163 e. The highest BCUT2D eigenvalue weighted by molar-refractivity contribution is 5.55. The number of fused-ring (bicyclic) bond motifs is 1. The number of ether oxygens (including phenoxy) is 2. The minimum absolute atomic E-state index is 0.0188. The van der Waals surface area contributed by atoms with E-state index in [4.69, 9.17) is 19.7 Å². The Morgan fingerprint density at radius 3 is 2.65 bits per heavy atom. The molecule has 0 radical (unpaired) electrons. The maximum Gasteiger partial charge on any atom is 0.163 e. The maximum absolute atomic E-state index is 9.13. The summed E-state index contributed by atoms with van der Waals surface area (Å²) in [5.74, 6) is 1.45. The van der Waals surface area contributed by atoms with Gasteiger partial charge in [-0.1, -0.05) is 0 Å². The van der Waals surface area contributed by atoms with Crippen LogP contribution in [0.1, 0.15) is 6.42 Å². The Morgan fingerprint density at radius 2 is 1.94 bits per heavy atom. The van der Waals surface area contributed by atoms with Crippen molar-refractivity contribution < 1.29 is 19.7 Å². The largest absolute Gasteiger partial charge is 0.486 e. The molecule has 1 heterocycles. The molecule has 3 N–H and O–H groups in total. The van der Waals surface area contributed by atoms with Crippen molar-refractivity contribution in [3.05, 3.63) is 18.2 Å². The zero-order valence-corrected chi connectivity index (χ0v) is 9.56. The first-order valence-electron chi connectivity index (χ1n) is 5.71. The molecule has 0 aromatic heterocycles. The molecule has 1 atom stereocenters. The van der Waals surface area contributed by atoms with E-state index in [2.05, 4.69) is 5.32 Å². The SMILES string of the molecule is OCCC(CO)Nc1ccc2c(c1)OCCO2. The lowest BCUT2D eigenvalue weighted by Crippen LogP contribution is -2.25. The summed E-state index contributed by atoms with van der Waals surface area (Å²) in [5, 5.41) is 21.1. The molecule has 5 heteroatoms. The molecular formula is C12H17NO4. The van der Waals surface area contributed by atoms with Crippen molar-refractivity contribution in [3.8, 4) is 11.5 Å². The van der Waals surface area contributed by atoms with E-state index in [9.17, 15) is 0 Å². The van der Waals surface area contributed by atoms with E-state index >= 15 is 0 Å². The molecular weight excluding hydrogens is 222 g/mol. The van der Waals surface area contributed by atoms with E-state index in [0.717, 1.165) is 11.4 Å². The van der Waals surface area contributed by atoms with Crippen molar-refractivity contribution in [1.82, 2.24) is 0 Å². The van der Waals surface area contributed by atoms with Gasteiger partial charge in [0.05, 0.1) is 12.6 Å². The summed E-state index contributed by atoms with van der Waals surface area (Å²) in [6, 6.07) is 5.40. The second kappa shape index (κ2) is 5.75. The van der Waals surface area contributed by atoms with Crippen molar-refractivity contribution in [3.63, 3.8) is 0 Å². The predicted molar refractivity (Wildman–Crippen MR) is 63.6 cm³/mol. The van der Waals surface area contributed by atoms with Gasteiger partial charge in [-0.05, 0) is 18.6 Å². The Morgan fingerprint density at radius 1 is 1.18 bits per heavy atom.